The molecular weight excluding hydrogens is 337 g/mol. The highest BCUT2D eigenvalue weighted by Gasteiger charge is 2.32. The molecular formula is C18H16FN5O2. The second-order valence-corrected chi connectivity index (χ2v) is 6.25. The fourth-order valence-electron chi connectivity index (χ4n) is 3.20. The van der Waals surface area contributed by atoms with Crippen LogP contribution in [0.3, 0.4) is 0 Å². The molecule has 132 valence electrons. The molecule has 0 saturated carbocycles. The Morgan fingerprint density at radius 1 is 1.35 bits per heavy atom. The molecule has 3 heterocycles. The maximum absolute atomic E-state index is 13.4. The largest absolute Gasteiger partial charge is 0.346 e. The van der Waals surface area contributed by atoms with Crippen molar-refractivity contribution in [1.29, 1.82) is 0 Å². The van der Waals surface area contributed by atoms with Crippen LogP contribution in [0.4, 0.5) is 10.1 Å². The molecule has 1 aliphatic rings. The summed E-state index contributed by atoms with van der Waals surface area (Å²) in [6.07, 6.45) is 1.83. The Morgan fingerprint density at radius 2 is 2.19 bits per heavy atom. The number of hydrogen-bond acceptors (Lipinski definition) is 4. The summed E-state index contributed by atoms with van der Waals surface area (Å²) < 4.78 is 15.2. The summed E-state index contributed by atoms with van der Waals surface area (Å²) in [7, 11) is 0. The highest BCUT2D eigenvalue weighted by molar-refractivity contribution is 6.01. The Morgan fingerprint density at radius 3 is 3.04 bits per heavy atom. The number of rotatable bonds is 3. The van der Waals surface area contributed by atoms with E-state index in [1.807, 2.05) is 24.4 Å². The van der Waals surface area contributed by atoms with Gasteiger partial charge in [0.2, 0.25) is 11.8 Å². The van der Waals surface area contributed by atoms with E-state index in [2.05, 4.69) is 20.8 Å². The average Bonchev–Trinajstić information content (AvgIpc) is 3.04. The lowest BCUT2D eigenvalue weighted by molar-refractivity contribution is -0.126. The predicted molar refractivity (Wildman–Crippen MR) is 91.9 cm³/mol. The van der Waals surface area contributed by atoms with Gasteiger partial charge in [-0.05, 0) is 36.8 Å². The van der Waals surface area contributed by atoms with E-state index in [1.54, 1.807) is 11.3 Å². The molecule has 0 bridgehead atoms. The molecule has 2 aromatic heterocycles. The molecule has 8 heteroatoms. The van der Waals surface area contributed by atoms with Crippen molar-refractivity contribution in [2.45, 2.75) is 25.3 Å². The van der Waals surface area contributed by atoms with E-state index in [0.29, 0.717) is 22.7 Å². The third-order valence-electron chi connectivity index (χ3n) is 4.46. The summed E-state index contributed by atoms with van der Waals surface area (Å²) in [5, 5.41) is 13.7. The Hall–Kier alpha value is -3.29. The first-order chi connectivity index (χ1) is 12.5. The summed E-state index contributed by atoms with van der Waals surface area (Å²) in [6.45, 7) is 1.80. The maximum atomic E-state index is 13.4. The van der Waals surface area contributed by atoms with Crippen LogP contribution >= 0.6 is 0 Å². The molecule has 0 unspecified atom stereocenters. The maximum Gasteiger partial charge on any atom is 0.228 e. The van der Waals surface area contributed by atoms with Crippen LogP contribution in [0.2, 0.25) is 0 Å². The number of aromatic nitrogens is 3. The summed E-state index contributed by atoms with van der Waals surface area (Å²) in [5.41, 5.74) is 1.62. The van der Waals surface area contributed by atoms with Crippen LogP contribution in [0.5, 0.6) is 0 Å². The molecule has 0 aliphatic carbocycles. The van der Waals surface area contributed by atoms with E-state index in [9.17, 15) is 14.0 Å². The molecule has 0 fully saturated rings. The van der Waals surface area contributed by atoms with Gasteiger partial charge in [0.25, 0.3) is 0 Å². The Kier molecular flexibility index (Phi) is 3.87. The van der Waals surface area contributed by atoms with Gasteiger partial charge in [-0.2, -0.15) is 0 Å². The van der Waals surface area contributed by atoms with Gasteiger partial charge in [-0.15, -0.1) is 10.2 Å². The lowest BCUT2D eigenvalue weighted by Gasteiger charge is -2.26. The van der Waals surface area contributed by atoms with E-state index in [0.717, 1.165) is 0 Å². The number of fused-ring (bicyclic) bond motifs is 2. The standard InChI is InChI=1S/C18H16FN5O2/c1-10(17-23-22-15-4-2-3-7-24(15)17)20-18(26)13-9-16(25)21-14-8-11(19)5-6-12(13)14/h2-8,10,13H,9H2,1H3,(H,20,26)(H,21,25)/t10-,13-/m1/s1. The minimum absolute atomic E-state index is 0.0117. The van der Waals surface area contributed by atoms with Crippen molar-refractivity contribution in [2.24, 2.45) is 0 Å². The molecule has 3 aromatic rings. The Labute approximate surface area is 148 Å². The summed E-state index contributed by atoms with van der Waals surface area (Å²) in [5.74, 6) is -1.18. The van der Waals surface area contributed by atoms with E-state index >= 15 is 0 Å². The van der Waals surface area contributed by atoms with Crippen molar-refractivity contribution in [3.8, 4) is 0 Å². The highest BCUT2D eigenvalue weighted by atomic mass is 19.1. The predicted octanol–water partition coefficient (Wildman–Crippen LogP) is 2.17. The molecule has 0 radical (unpaired) electrons. The number of carbonyl (C=O) groups excluding carboxylic acids is 2. The van der Waals surface area contributed by atoms with E-state index in [4.69, 9.17) is 0 Å². The second-order valence-electron chi connectivity index (χ2n) is 6.25. The van der Waals surface area contributed by atoms with E-state index in [-0.39, 0.29) is 18.2 Å². The van der Waals surface area contributed by atoms with Crippen molar-refractivity contribution in [3.05, 3.63) is 59.8 Å². The molecule has 0 spiro atoms. The molecule has 2 amide bonds. The number of amides is 2. The van der Waals surface area contributed by atoms with Gasteiger partial charge < -0.3 is 10.6 Å². The summed E-state index contributed by atoms with van der Waals surface area (Å²) in [6, 6.07) is 9.16. The van der Waals surface area contributed by atoms with Crippen molar-refractivity contribution in [3.63, 3.8) is 0 Å². The normalized spacial score (nSPS) is 17.5. The van der Waals surface area contributed by atoms with Gasteiger partial charge in [0.15, 0.2) is 11.5 Å². The molecule has 1 aromatic carbocycles. The number of anilines is 1. The van der Waals surface area contributed by atoms with Crippen LogP contribution in [0, 0.1) is 5.82 Å². The average molecular weight is 353 g/mol. The van der Waals surface area contributed by atoms with Crippen LogP contribution < -0.4 is 10.6 Å². The van der Waals surface area contributed by atoms with Gasteiger partial charge in [-0.25, -0.2) is 4.39 Å². The zero-order valence-corrected chi connectivity index (χ0v) is 13.9. The Balaban J connectivity index is 1.59. The zero-order chi connectivity index (χ0) is 18.3. The number of benzene rings is 1. The number of nitrogens with zero attached hydrogens (tertiary/aromatic N) is 3. The topological polar surface area (TPSA) is 88.4 Å². The number of pyridine rings is 1. The number of carbonyl (C=O) groups is 2. The molecule has 2 N–H and O–H groups in total. The first-order valence-corrected chi connectivity index (χ1v) is 8.22. The van der Waals surface area contributed by atoms with E-state index < -0.39 is 17.8 Å². The third-order valence-corrected chi connectivity index (χ3v) is 4.46. The van der Waals surface area contributed by atoms with Crippen molar-refractivity contribution in [1.82, 2.24) is 19.9 Å². The molecule has 26 heavy (non-hydrogen) atoms. The van der Waals surface area contributed by atoms with Crippen LogP contribution in [0.25, 0.3) is 5.65 Å². The monoisotopic (exact) mass is 353 g/mol. The van der Waals surface area contributed by atoms with Gasteiger partial charge in [-0.1, -0.05) is 12.1 Å². The van der Waals surface area contributed by atoms with Crippen LogP contribution in [-0.4, -0.2) is 26.4 Å². The van der Waals surface area contributed by atoms with Gasteiger partial charge in [0, 0.05) is 18.3 Å². The first-order valence-electron chi connectivity index (χ1n) is 8.22. The fourth-order valence-corrected chi connectivity index (χ4v) is 3.20. The van der Waals surface area contributed by atoms with Gasteiger partial charge in [0.05, 0.1) is 12.0 Å². The summed E-state index contributed by atoms with van der Waals surface area (Å²) >= 11 is 0. The van der Waals surface area contributed by atoms with Crippen molar-refractivity contribution >= 4 is 23.1 Å². The quantitative estimate of drug-likeness (QED) is 0.755. The third kappa shape index (κ3) is 2.79. The SMILES string of the molecule is C[C@@H](NC(=O)[C@@H]1CC(=O)Nc2cc(F)ccc21)c1nnc2ccccn12. The highest BCUT2D eigenvalue weighted by Crippen LogP contribution is 2.33. The molecule has 4 rings (SSSR count). The zero-order valence-electron chi connectivity index (χ0n) is 13.9. The molecule has 1 aliphatic heterocycles. The number of nitrogens with one attached hydrogen (secondary N) is 2. The van der Waals surface area contributed by atoms with E-state index in [1.165, 1.54) is 18.2 Å². The van der Waals surface area contributed by atoms with Gasteiger partial charge in [-0.3, -0.25) is 14.0 Å². The summed E-state index contributed by atoms with van der Waals surface area (Å²) in [4.78, 5) is 24.7. The van der Waals surface area contributed by atoms with Crippen molar-refractivity contribution in [2.75, 3.05) is 5.32 Å². The van der Waals surface area contributed by atoms with Crippen LogP contribution in [0.15, 0.2) is 42.6 Å². The lowest BCUT2D eigenvalue weighted by Crippen LogP contribution is -2.36. The van der Waals surface area contributed by atoms with Crippen molar-refractivity contribution < 1.29 is 14.0 Å². The minimum Gasteiger partial charge on any atom is -0.346 e. The molecule has 2 atom stereocenters. The van der Waals surface area contributed by atoms with Gasteiger partial charge in [0.1, 0.15) is 5.82 Å². The molecule has 7 nitrogen and oxygen atoms in total. The van der Waals surface area contributed by atoms with Gasteiger partial charge >= 0.3 is 0 Å². The molecule has 0 saturated heterocycles. The fraction of sp³-hybridized carbons (Fsp3) is 0.222. The number of hydrogen-bond donors (Lipinski definition) is 2. The van der Waals surface area contributed by atoms with Crippen LogP contribution in [-0.2, 0) is 9.59 Å². The lowest BCUT2D eigenvalue weighted by atomic mass is 9.89. The Bertz CT molecular complexity index is 1020. The smallest absolute Gasteiger partial charge is 0.228 e. The second kappa shape index (κ2) is 6.21. The minimum atomic E-state index is -0.680. The number of halogens is 1. The first kappa shape index (κ1) is 16.2. The van der Waals surface area contributed by atoms with Crippen LogP contribution in [0.1, 0.15) is 36.7 Å².